The average Bonchev–Trinajstić information content (AvgIpc) is 2.26. The highest BCUT2D eigenvalue weighted by molar-refractivity contribution is 7.98. The lowest BCUT2D eigenvalue weighted by Gasteiger charge is -2.09. The Labute approximate surface area is 98.4 Å². The lowest BCUT2D eigenvalue weighted by molar-refractivity contribution is 0.0698. The molecular weight excluding hydrogens is 226 g/mol. The first-order valence-electron chi connectivity index (χ1n) is 4.87. The Morgan fingerprint density at radius 3 is 3.06 bits per heavy atom. The largest absolute Gasteiger partial charge is 0.478 e. The van der Waals surface area contributed by atoms with E-state index >= 15 is 0 Å². The quantitative estimate of drug-likeness (QED) is 0.654. The molecule has 1 rings (SSSR count). The van der Waals surface area contributed by atoms with Gasteiger partial charge in [0.2, 0.25) is 0 Å². The number of aromatic carboxylic acids is 1. The molecule has 6 heteroatoms. The number of nitrogens with one attached hydrogen (secondary N) is 1. The van der Waals surface area contributed by atoms with Crippen LogP contribution in [0.25, 0.3) is 0 Å². The molecule has 4 N–H and O–H groups in total. The van der Waals surface area contributed by atoms with Gasteiger partial charge in [-0.05, 0) is 24.5 Å². The summed E-state index contributed by atoms with van der Waals surface area (Å²) in [5, 5.41) is 11.9. The molecule has 0 radical (unpaired) electrons. The predicted molar refractivity (Wildman–Crippen MR) is 67.1 cm³/mol. The van der Waals surface area contributed by atoms with Crippen molar-refractivity contribution in [1.29, 1.82) is 0 Å². The summed E-state index contributed by atoms with van der Waals surface area (Å²) in [6.45, 7) is 0.737. The first kappa shape index (κ1) is 12.6. The molecule has 16 heavy (non-hydrogen) atoms. The highest BCUT2D eigenvalue weighted by Gasteiger charge is 2.11. The maximum absolute atomic E-state index is 10.8. The van der Waals surface area contributed by atoms with Crippen molar-refractivity contribution in [3.05, 3.63) is 17.8 Å². The van der Waals surface area contributed by atoms with Gasteiger partial charge in [0.05, 0.1) is 11.3 Å². The summed E-state index contributed by atoms with van der Waals surface area (Å²) in [5.74, 6) is 0.457. The number of carboxylic acid groups (broad SMARTS) is 1. The number of carboxylic acids is 1. The van der Waals surface area contributed by atoms with E-state index in [1.807, 2.05) is 6.26 Å². The molecule has 5 nitrogen and oxygen atoms in total. The molecule has 0 aliphatic heterocycles. The second-order valence-corrected chi connectivity index (χ2v) is 4.18. The predicted octanol–water partition coefficient (Wildman–Crippen LogP) is 1.53. The Morgan fingerprint density at radius 2 is 2.44 bits per heavy atom. The second-order valence-electron chi connectivity index (χ2n) is 3.20. The van der Waals surface area contributed by atoms with Crippen molar-refractivity contribution in [2.75, 3.05) is 29.6 Å². The van der Waals surface area contributed by atoms with E-state index in [1.165, 1.54) is 12.3 Å². The number of nitrogen functional groups attached to an aromatic ring is 1. The van der Waals surface area contributed by atoms with Gasteiger partial charge in [0, 0.05) is 12.7 Å². The van der Waals surface area contributed by atoms with Gasteiger partial charge < -0.3 is 16.2 Å². The van der Waals surface area contributed by atoms with Crippen LogP contribution in [0, 0.1) is 0 Å². The van der Waals surface area contributed by atoms with E-state index in [4.69, 9.17) is 10.8 Å². The summed E-state index contributed by atoms with van der Waals surface area (Å²) in [6.07, 6.45) is 4.47. The lowest BCUT2D eigenvalue weighted by atomic mass is 10.2. The van der Waals surface area contributed by atoms with Gasteiger partial charge >= 0.3 is 5.97 Å². The summed E-state index contributed by atoms with van der Waals surface area (Å²) in [5.41, 5.74) is 5.97. The van der Waals surface area contributed by atoms with Gasteiger partial charge in [-0.1, -0.05) is 0 Å². The molecule has 0 amide bonds. The van der Waals surface area contributed by atoms with Crippen LogP contribution in [-0.4, -0.2) is 34.6 Å². The van der Waals surface area contributed by atoms with E-state index < -0.39 is 5.97 Å². The van der Waals surface area contributed by atoms with Crippen LogP contribution in [0.15, 0.2) is 12.3 Å². The molecule has 0 aromatic carbocycles. The maximum atomic E-state index is 10.8. The van der Waals surface area contributed by atoms with Gasteiger partial charge in [-0.15, -0.1) is 0 Å². The number of carbonyl (C=O) groups is 1. The zero-order valence-corrected chi connectivity index (χ0v) is 9.88. The summed E-state index contributed by atoms with van der Waals surface area (Å²) < 4.78 is 0. The molecule has 1 heterocycles. The van der Waals surface area contributed by atoms with Gasteiger partial charge in [-0.3, -0.25) is 0 Å². The van der Waals surface area contributed by atoms with Crippen molar-refractivity contribution in [2.24, 2.45) is 0 Å². The number of hydrogen-bond donors (Lipinski definition) is 3. The molecule has 0 atom stereocenters. The van der Waals surface area contributed by atoms with Crippen molar-refractivity contribution in [1.82, 2.24) is 4.98 Å². The van der Waals surface area contributed by atoms with Crippen molar-refractivity contribution in [3.63, 3.8) is 0 Å². The summed E-state index contributed by atoms with van der Waals surface area (Å²) in [4.78, 5) is 14.8. The maximum Gasteiger partial charge on any atom is 0.337 e. The molecule has 0 spiro atoms. The molecule has 88 valence electrons. The van der Waals surface area contributed by atoms with Crippen LogP contribution in [0.2, 0.25) is 0 Å². The first-order valence-corrected chi connectivity index (χ1v) is 6.26. The van der Waals surface area contributed by atoms with E-state index in [2.05, 4.69) is 10.3 Å². The van der Waals surface area contributed by atoms with Crippen LogP contribution in [-0.2, 0) is 0 Å². The lowest BCUT2D eigenvalue weighted by Crippen LogP contribution is -2.10. The van der Waals surface area contributed by atoms with Crippen molar-refractivity contribution >= 4 is 29.2 Å². The number of anilines is 2. The summed E-state index contributed by atoms with van der Waals surface area (Å²) in [7, 11) is 0. The van der Waals surface area contributed by atoms with Gasteiger partial charge in [-0.25, -0.2) is 9.78 Å². The second kappa shape index (κ2) is 6.22. The number of thioether (sulfide) groups is 1. The molecule has 1 aromatic rings. The van der Waals surface area contributed by atoms with Crippen molar-refractivity contribution in [3.8, 4) is 0 Å². The Morgan fingerprint density at radius 1 is 1.69 bits per heavy atom. The van der Waals surface area contributed by atoms with Crippen LogP contribution < -0.4 is 11.1 Å². The van der Waals surface area contributed by atoms with Crippen LogP contribution in [0.4, 0.5) is 11.5 Å². The molecule has 0 aliphatic rings. The minimum atomic E-state index is -1.04. The van der Waals surface area contributed by atoms with Gasteiger partial charge in [0.25, 0.3) is 0 Å². The third kappa shape index (κ3) is 3.30. The number of rotatable bonds is 6. The van der Waals surface area contributed by atoms with Crippen LogP contribution in [0.1, 0.15) is 16.8 Å². The molecule has 0 saturated carbocycles. The fourth-order valence-electron chi connectivity index (χ4n) is 1.22. The monoisotopic (exact) mass is 241 g/mol. The Balaban J connectivity index is 2.66. The molecule has 0 aliphatic carbocycles. The van der Waals surface area contributed by atoms with E-state index in [0.29, 0.717) is 5.82 Å². The number of nitrogens with zero attached hydrogens (tertiary/aromatic N) is 1. The normalized spacial score (nSPS) is 10.1. The molecule has 0 saturated heterocycles. The molecule has 0 unspecified atom stereocenters. The van der Waals surface area contributed by atoms with Gasteiger partial charge in [0.1, 0.15) is 5.82 Å². The third-order valence-electron chi connectivity index (χ3n) is 2.04. The first-order chi connectivity index (χ1) is 7.66. The zero-order chi connectivity index (χ0) is 12.0. The van der Waals surface area contributed by atoms with E-state index in [-0.39, 0.29) is 11.3 Å². The third-order valence-corrected chi connectivity index (χ3v) is 2.74. The van der Waals surface area contributed by atoms with E-state index in [0.717, 1.165) is 18.7 Å². The SMILES string of the molecule is CSCCCNc1nccc(C(=O)O)c1N. The number of aromatic nitrogens is 1. The zero-order valence-electron chi connectivity index (χ0n) is 9.06. The highest BCUT2D eigenvalue weighted by Crippen LogP contribution is 2.19. The molecule has 1 aromatic heterocycles. The standard InChI is InChI=1S/C10H15N3O2S/c1-16-6-2-4-12-9-8(11)7(10(14)15)3-5-13-9/h3,5H,2,4,6,11H2,1H3,(H,12,13)(H,14,15). The molecular formula is C10H15N3O2S. The Hall–Kier alpha value is -1.43. The van der Waals surface area contributed by atoms with Crippen LogP contribution in [0.3, 0.4) is 0 Å². The fourth-order valence-corrected chi connectivity index (χ4v) is 1.66. The minimum absolute atomic E-state index is 0.0855. The number of hydrogen-bond acceptors (Lipinski definition) is 5. The molecule has 0 fully saturated rings. The topological polar surface area (TPSA) is 88.2 Å². The van der Waals surface area contributed by atoms with Crippen molar-refractivity contribution < 1.29 is 9.90 Å². The highest BCUT2D eigenvalue weighted by atomic mass is 32.2. The minimum Gasteiger partial charge on any atom is -0.478 e. The average molecular weight is 241 g/mol. The number of nitrogens with two attached hydrogens (primary N) is 1. The smallest absolute Gasteiger partial charge is 0.337 e. The van der Waals surface area contributed by atoms with E-state index in [1.54, 1.807) is 11.8 Å². The Kier molecular flexibility index (Phi) is 4.91. The van der Waals surface area contributed by atoms with Crippen LogP contribution in [0.5, 0.6) is 0 Å². The van der Waals surface area contributed by atoms with Crippen molar-refractivity contribution in [2.45, 2.75) is 6.42 Å². The molecule has 0 bridgehead atoms. The summed E-state index contributed by atoms with van der Waals surface area (Å²) in [6, 6.07) is 1.39. The Bertz CT molecular complexity index is 371. The number of pyridine rings is 1. The summed E-state index contributed by atoms with van der Waals surface area (Å²) >= 11 is 1.76. The van der Waals surface area contributed by atoms with Gasteiger partial charge in [-0.2, -0.15) is 11.8 Å². The van der Waals surface area contributed by atoms with E-state index in [9.17, 15) is 4.79 Å². The van der Waals surface area contributed by atoms with Crippen LogP contribution >= 0.6 is 11.8 Å². The van der Waals surface area contributed by atoms with Gasteiger partial charge in [0.15, 0.2) is 0 Å². The fraction of sp³-hybridized carbons (Fsp3) is 0.400.